The number of aromatic carboxylic acids is 1. The smallest absolute Gasteiger partial charge is 0.336 e. The van der Waals surface area contributed by atoms with E-state index in [-0.39, 0.29) is 0 Å². The number of rotatable bonds is 4. The Morgan fingerprint density at radius 2 is 2.24 bits per heavy atom. The van der Waals surface area contributed by atoms with Crippen LogP contribution in [-0.2, 0) is 19.6 Å². The number of benzene rings is 1. The summed E-state index contributed by atoms with van der Waals surface area (Å²) in [4.78, 5) is 19.5. The summed E-state index contributed by atoms with van der Waals surface area (Å²) in [6, 6.07) is 5.58. The predicted molar refractivity (Wildman–Crippen MR) is 80.4 cm³/mol. The van der Waals surface area contributed by atoms with Crippen molar-refractivity contribution in [3.63, 3.8) is 0 Å². The van der Waals surface area contributed by atoms with Crippen LogP contribution in [0.15, 0.2) is 23.7 Å². The lowest BCUT2D eigenvalue weighted by Gasteiger charge is -2.14. The number of nitrogens with zero attached hydrogens (tertiary/aromatic N) is 2. The molecule has 0 bridgehead atoms. The van der Waals surface area contributed by atoms with E-state index < -0.39 is 5.97 Å². The molecule has 1 aromatic carbocycles. The summed E-state index contributed by atoms with van der Waals surface area (Å²) in [7, 11) is 0. The summed E-state index contributed by atoms with van der Waals surface area (Å²) < 4.78 is 0. The van der Waals surface area contributed by atoms with Crippen LogP contribution >= 0.6 is 11.3 Å². The van der Waals surface area contributed by atoms with E-state index in [1.165, 1.54) is 23.4 Å². The molecule has 0 atom stereocenters. The van der Waals surface area contributed by atoms with Crippen molar-refractivity contribution in [2.45, 2.75) is 38.4 Å². The van der Waals surface area contributed by atoms with Gasteiger partial charge < -0.3 is 5.11 Å². The zero-order chi connectivity index (χ0) is 14.4. The Labute approximate surface area is 127 Å². The highest BCUT2D eigenvalue weighted by Gasteiger charge is 2.30. The summed E-state index contributed by atoms with van der Waals surface area (Å²) in [5.74, 6) is -0.157. The molecular formula is C16H16N2O2S. The average Bonchev–Trinajstić information content (AvgIpc) is 3.06. The van der Waals surface area contributed by atoms with Crippen molar-refractivity contribution in [2.24, 2.45) is 0 Å². The van der Waals surface area contributed by atoms with Gasteiger partial charge in [0.1, 0.15) is 0 Å². The van der Waals surface area contributed by atoms with Gasteiger partial charge in [-0.15, -0.1) is 11.3 Å². The second-order valence-corrected chi connectivity index (χ2v) is 6.77. The Balaban J connectivity index is 1.55. The first-order valence-electron chi connectivity index (χ1n) is 7.21. The molecule has 2 aromatic rings. The first kappa shape index (κ1) is 13.0. The zero-order valence-electron chi connectivity index (χ0n) is 11.6. The number of fused-ring (bicyclic) bond motifs is 1. The molecule has 1 aliphatic heterocycles. The number of carboxylic acids is 1. The first-order valence-corrected chi connectivity index (χ1v) is 8.09. The maximum atomic E-state index is 11.3. The van der Waals surface area contributed by atoms with Gasteiger partial charge in [0.05, 0.1) is 16.8 Å². The highest BCUT2D eigenvalue weighted by molar-refractivity contribution is 7.09. The van der Waals surface area contributed by atoms with Crippen molar-refractivity contribution in [1.82, 2.24) is 9.88 Å². The molecule has 0 spiro atoms. The normalized spacial score (nSPS) is 17.9. The number of hydrogen-bond acceptors (Lipinski definition) is 4. The van der Waals surface area contributed by atoms with Crippen LogP contribution in [0.25, 0.3) is 0 Å². The molecule has 4 rings (SSSR count). The molecule has 5 heteroatoms. The van der Waals surface area contributed by atoms with Crippen molar-refractivity contribution in [3.8, 4) is 0 Å². The van der Waals surface area contributed by atoms with Crippen LogP contribution in [0, 0.1) is 0 Å². The summed E-state index contributed by atoms with van der Waals surface area (Å²) in [6.07, 6.45) is 2.53. The maximum absolute atomic E-state index is 11.3. The second-order valence-electron chi connectivity index (χ2n) is 5.83. The van der Waals surface area contributed by atoms with Gasteiger partial charge in [-0.1, -0.05) is 12.1 Å². The molecule has 1 saturated carbocycles. The van der Waals surface area contributed by atoms with E-state index in [9.17, 15) is 9.90 Å². The van der Waals surface area contributed by atoms with Crippen LogP contribution in [0.5, 0.6) is 0 Å². The minimum Gasteiger partial charge on any atom is -0.478 e. The second kappa shape index (κ2) is 4.93. The van der Waals surface area contributed by atoms with Crippen molar-refractivity contribution in [1.29, 1.82) is 0 Å². The van der Waals surface area contributed by atoms with Gasteiger partial charge in [0, 0.05) is 30.4 Å². The molecular weight excluding hydrogens is 284 g/mol. The van der Waals surface area contributed by atoms with Gasteiger partial charge in [-0.25, -0.2) is 9.78 Å². The lowest BCUT2D eigenvalue weighted by atomic mass is 10.0. The fourth-order valence-electron chi connectivity index (χ4n) is 3.09. The first-order chi connectivity index (χ1) is 10.2. The van der Waals surface area contributed by atoms with Crippen LogP contribution in [0.2, 0.25) is 0 Å². The van der Waals surface area contributed by atoms with Crippen LogP contribution in [0.3, 0.4) is 0 Å². The van der Waals surface area contributed by atoms with Crippen molar-refractivity contribution in [2.75, 3.05) is 0 Å². The lowest BCUT2D eigenvalue weighted by Crippen LogP contribution is -2.16. The highest BCUT2D eigenvalue weighted by atomic mass is 32.1. The molecule has 1 N–H and O–H groups in total. The quantitative estimate of drug-likeness (QED) is 0.942. The standard InChI is InChI=1S/C16H16N2O2S/c19-16(20)12-3-1-2-11-6-18(7-13(11)12)8-14-15(10-4-5-10)17-9-21-14/h1-3,9-10H,4-8H2,(H,19,20). The Hall–Kier alpha value is -1.72. The Morgan fingerprint density at radius 1 is 1.38 bits per heavy atom. The monoisotopic (exact) mass is 300 g/mol. The number of aromatic nitrogens is 1. The zero-order valence-corrected chi connectivity index (χ0v) is 12.4. The molecule has 0 unspecified atom stereocenters. The molecule has 1 aromatic heterocycles. The molecule has 2 aliphatic rings. The summed E-state index contributed by atoms with van der Waals surface area (Å²) in [6.45, 7) is 2.43. The van der Waals surface area contributed by atoms with Crippen molar-refractivity contribution >= 4 is 17.3 Å². The topological polar surface area (TPSA) is 53.4 Å². The Morgan fingerprint density at radius 3 is 3.00 bits per heavy atom. The van der Waals surface area contributed by atoms with Crippen LogP contribution in [0.4, 0.5) is 0 Å². The molecule has 1 fully saturated rings. The largest absolute Gasteiger partial charge is 0.478 e. The van der Waals surface area contributed by atoms with E-state index in [0.29, 0.717) is 11.5 Å². The third-order valence-electron chi connectivity index (χ3n) is 4.28. The van der Waals surface area contributed by atoms with E-state index in [1.54, 1.807) is 17.4 Å². The van der Waals surface area contributed by atoms with Gasteiger partial charge in [-0.3, -0.25) is 4.90 Å². The fraction of sp³-hybridized carbons (Fsp3) is 0.375. The maximum Gasteiger partial charge on any atom is 0.336 e. The fourth-order valence-corrected chi connectivity index (χ4v) is 3.98. The van der Waals surface area contributed by atoms with Crippen LogP contribution in [-0.4, -0.2) is 21.0 Å². The molecule has 4 nitrogen and oxygen atoms in total. The van der Waals surface area contributed by atoms with Gasteiger partial charge in [0.15, 0.2) is 0 Å². The van der Waals surface area contributed by atoms with E-state index in [1.807, 2.05) is 17.6 Å². The molecule has 0 saturated heterocycles. The van der Waals surface area contributed by atoms with Crippen LogP contribution in [0.1, 0.15) is 50.8 Å². The van der Waals surface area contributed by atoms with Crippen molar-refractivity contribution < 1.29 is 9.90 Å². The van der Waals surface area contributed by atoms with Gasteiger partial charge in [-0.05, 0) is 30.0 Å². The minimum absolute atomic E-state index is 0.446. The Bertz CT molecular complexity index is 706. The molecule has 2 heterocycles. The van der Waals surface area contributed by atoms with E-state index in [4.69, 9.17) is 0 Å². The summed E-state index contributed by atoms with van der Waals surface area (Å²) in [5.41, 5.74) is 5.78. The number of hydrogen-bond donors (Lipinski definition) is 1. The van der Waals surface area contributed by atoms with Gasteiger partial charge in [0.2, 0.25) is 0 Å². The number of carbonyl (C=O) groups is 1. The average molecular weight is 300 g/mol. The van der Waals surface area contributed by atoms with E-state index in [0.717, 1.165) is 30.8 Å². The predicted octanol–water partition coefficient (Wildman–Crippen LogP) is 3.23. The molecule has 108 valence electrons. The highest BCUT2D eigenvalue weighted by Crippen LogP contribution is 2.42. The summed E-state index contributed by atoms with van der Waals surface area (Å²) >= 11 is 1.72. The third kappa shape index (κ3) is 2.36. The van der Waals surface area contributed by atoms with Crippen LogP contribution < -0.4 is 0 Å². The molecule has 21 heavy (non-hydrogen) atoms. The lowest BCUT2D eigenvalue weighted by molar-refractivity contribution is 0.0695. The minimum atomic E-state index is -0.829. The number of carboxylic acid groups (broad SMARTS) is 1. The number of thiazole rings is 1. The molecule has 1 aliphatic carbocycles. The SMILES string of the molecule is O=C(O)c1cccc2c1CN(Cc1scnc1C1CC1)C2. The third-order valence-corrected chi connectivity index (χ3v) is 5.12. The van der Waals surface area contributed by atoms with Gasteiger partial charge in [-0.2, -0.15) is 0 Å². The molecule has 0 amide bonds. The Kier molecular flexibility index (Phi) is 3.05. The molecule has 0 radical (unpaired) electrons. The summed E-state index contributed by atoms with van der Waals surface area (Å²) in [5, 5.41) is 9.29. The van der Waals surface area contributed by atoms with Gasteiger partial charge >= 0.3 is 5.97 Å². The van der Waals surface area contributed by atoms with Crippen molar-refractivity contribution in [3.05, 3.63) is 51.0 Å². The van der Waals surface area contributed by atoms with Gasteiger partial charge in [0.25, 0.3) is 0 Å². The van der Waals surface area contributed by atoms with E-state index >= 15 is 0 Å². The van der Waals surface area contributed by atoms with E-state index in [2.05, 4.69) is 9.88 Å².